The van der Waals surface area contributed by atoms with Crippen LogP contribution in [0.25, 0.3) is 0 Å². The van der Waals surface area contributed by atoms with Gasteiger partial charge in [0.05, 0.1) is 0 Å². The van der Waals surface area contributed by atoms with Crippen LogP contribution >= 0.6 is 0 Å². The second-order valence-corrected chi connectivity index (χ2v) is 4.67. The van der Waals surface area contributed by atoms with Crippen LogP contribution in [0.4, 0.5) is 0 Å². The van der Waals surface area contributed by atoms with Gasteiger partial charge >= 0.3 is 0 Å². The summed E-state index contributed by atoms with van der Waals surface area (Å²) in [6, 6.07) is 22.7. The van der Waals surface area contributed by atoms with Crippen molar-refractivity contribution >= 4 is 0 Å². The molecule has 19 heavy (non-hydrogen) atoms. The molecule has 0 aromatic heterocycles. The zero-order valence-electron chi connectivity index (χ0n) is 11.3. The molecule has 1 heterocycles. The fraction of sp³-hybridized carbons (Fsp3) is 0.294. The predicted octanol–water partition coefficient (Wildman–Crippen LogP) is 2.78. The number of nitrogens with one attached hydrogen (secondary N) is 1. The summed E-state index contributed by atoms with van der Waals surface area (Å²) < 4.78 is 0. The Labute approximate surface area is 116 Å². The highest BCUT2D eigenvalue weighted by molar-refractivity contribution is 5.14. The Morgan fingerprint density at radius 2 is 1.21 bits per heavy atom. The summed E-state index contributed by atoms with van der Waals surface area (Å²) in [5.74, 6) is 0. The van der Waals surface area contributed by atoms with E-state index in [9.17, 15) is 0 Å². The van der Waals surface area contributed by atoms with Gasteiger partial charge in [0, 0.05) is 32.7 Å². The van der Waals surface area contributed by atoms with Crippen LogP contribution < -0.4 is 5.32 Å². The van der Waals surface area contributed by atoms with Crippen molar-refractivity contribution in [2.45, 2.75) is 6.54 Å². The Morgan fingerprint density at radius 3 is 1.74 bits per heavy atom. The summed E-state index contributed by atoms with van der Waals surface area (Å²) in [6.45, 7) is 5.71. The summed E-state index contributed by atoms with van der Waals surface area (Å²) in [5, 5.41) is 3.36. The van der Waals surface area contributed by atoms with Crippen molar-refractivity contribution in [2.75, 3.05) is 26.2 Å². The van der Waals surface area contributed by atoms with E-state index >= 15 is 0 Å². The molecule has 100 valence electrons. The van der Waals surface area contributed by atoms with Gasteiger partial charge in [-0.15, -0.1) is 0 Å². The monoisotopic (exact) mass is 254 g/mol. The number of piperazine rings is 1. The lowest BCUT2D eigenvalue weighted by atomic mass is 10.2. The molecule has 2 nitrogen and oxygen atoms in total. The first kappa shape index (κ1) is 13.8. The lowest BCUT2D eigenvalue weighted by molar-refractivity contribution is 0.233. The molecule has 0 radical (unpaired) electrons. The second-order valence-electron chi connectivity index (χ2n) is 4.67. The van der Waals surface area contributed by atoms with E-state index in [0.29, 0.717) is 0 Å². The van der Waals surface area contributed by atoms with E-state index in [4.69, 9.17) is 0 Å². The standard InChI is InChI=1S/C11H16N2.C6H6/c1-2-4-11(5-3-1)10-13-8-6-12-7-9-13;1-2-4-6-5-3-1/h1-5,12H,6-10H2;1-6H. The maximum atomic E-state index is 3.36. The first-order valence-corrected chi connectivity index (χ1v) is 6.92. The summed E-state index contributed by atoms with van der Waals surface area (Å²) >= 11 is 0. The molecule has 2 heteroatoms. The van der Waals surface area contributed by atoms with Crippen molar-refractivity contribution in [1.29, 1.82) is 0 Å². The van der Waals surface area contributed by atoms with Gasteiger partial charge in [0.25, 0.3) is 0 Å². The number of hydrogen-bond acceptors (Lipinski definition) is 2. The minimum absolute atomic E-state index is 1.10. The highest BCUT2D eigenvalue weighted by Crippen LogP contribution is 2.04. The molecule has 0 aliphatic carbocycles. The average Bonchev–Trinajstić information content (AvgIpc) is 2.52. The molecule has 1 N–H and O–H groups in total. The Bertz CT molecular complexity index is 395. The molecule has 0 bridgehead atoms. The van der Waals surface area contributed by atoms with Crippen LogP contribution in [-0.2, 0) is 6.54 Å². The van der Waals surface area contributed by atoms with Crippen LogP contribution in [0.3, 0.4) is 0 Å². The van der Waals surface area contributed by atoms with Crippen LogP contribution in [0.2, 0.25) is 0 Å². The molecule has 1 aliphatic rings. The van der Waals surface area contributed by atoms with Gasteiger partial charge in [0.15, 0.2) is 0 Å². The van der Waals surface area contributed by atoms with Gasteiger partial charge in [0.2, 0.25) is 0 Å². The van der Waals surface area contributed by atoms with Gasteiger partial charge < -0.3 is 5.32 Å². The largest absolute Gasteiger partial charge is 0.314 e. The molecule has 0 amide bonds. The number of benzene rings is 2. The Balaban J connectivity index is 0.000000186. The van der Waals surface area contributed by atoms with Crippen molar-refractivity contribution in [1.82, 2.24) is 10.2 Å². The van der Waals surface area contributed by atoms with Crippen LogP contribution in [-0.4, -0.2) is 31.1 Å². The Kier molecular flexibility index (Phi) is 6.14. The summed E-state index contributed by atoms with van der Waals surface area (Å²) in [7, 11) is 0. The first-order chi connectivity index (χ1) is 9.45. The van der Waals surface area contributed by atoms with Gasteiger partial charge in [-0.2, -0.15) is 0 Å². The van der Waals surface area contributed by atoms with Crippen molar-refractivity contribution < 1.29 is 0 Å². The van der Waals surface area contributed by atoms with Gasteiger partial charge in [-0.25, -0.2) is 0 Å². The SMILES string of the molecule is c1ccc(CN2CCNCC2)cc1.c1ccccc1. The van der Waals surface area contributed by atoms with E-state index in [1.807, 2.05) is 36.4 Å². The number of rotatable bonds is 2. The summed E-state index contributed by atoms with van der Waals surface area (Å²) in [6.07, 6.45) is 0. The van der Waals surface area contributed by atoms with Gasteiger partial charge in [-0.3, -0.25) is 4.90 Å². The fourth-order valence-corrected chi connectivity index (χ4v) is 2.10. The topological polar surface area (TPSA) is 15.3 Å². The number of nitrogens with zero attached hydrogens (tertiary/aromatic N) is 1. The molecular formula is C17H22N2. The van der Waals surface area contributed by atoms with E-state index in [1.54, 1.807) is 0 Å². The van der Waals surface area contributed by atoms with Crippen molar-refractivity contribution in [3.63, 3.8) is 0 Å². The van der Waals surface area contributed by atoms with Crippen molar-refractivity contribution in [3.8, 4) is 0 Å². The molecule has 0 unspecified atom stereocenters. The third kappa shape index (κ3) is 5.69. The zero-order valence-corrected chi connectivity index (χ0v) is 11.3. The molecule has 1 fully saturated rings. The molecule has 1 aliphatic heterocycles. The van der Waals surface area contributed by atoms with Crippen molar-refractivity contribution in [3.05, 3.63) is 72.3 Å². The molecule has 2 aromatic carbocycles. The van der Waals surface area contributed by atoms with E-state index in [2.05, 4.69) is 40.5 Å². The van der Waals surface area contributed by atoms with E-state index in [0.717, 1.165) is 19.6 Å². The first-order valence-electron chi connectivity index (χ1n) is 6.92. The van der Waals surface area contributed by atoms with E-state index in [-0.39, 0.29) is 0 Å². The normalized spacial score (nSPS) is 15.4. The molecule has 1 saturated heterocycles. The third-order valence-electron chi connectivity index (χ3n) is 3.13. The maximum Gasteiger partial charge on any atom is 0.0234 e. The van der Waals surface area contributed by atoms with Gasteiger partial charge in [-0.05, 0) is 5.56 Å². The zero-order chi connectivity index (χ0) is 13.2. The van der Waals surface area contributed by atoms with Crippen LogP contribution in [0.5, 0.6) is 0 Å². The molecule has 3 rings (SSSR count). The van der Waals surface area contributed by atoms with E-state index < -0.39 is 0 Å². The highest BCUT2D eigenvalue weighted by atomic mass is 15.2. The third-order valence-corrected chi connectivity index (χ3v) is 3.13. The van der Waals surface area contributed by atoms with E-state index in [1.165, 1.54) is 18.7 Å². The Morgan fingerprint density at radius 1 is 0.737 bits per heavy atom. The summed E-state index contributed by atoms with van der Waals surface area (Å²) in [4.78, 5) is 2.49. The van der Waals surface area contributed by atoms with Gasteiger partial charge in [-0.1, -0.05) is 66.7 Å². The van der Waals surface area contributed by atoms with Gasteiger partial charge in [0.1, 0.15) is 0 Å². The van der Waals surface area contributed by atoms with Crippen LogP contribution in [0.15, 0.2) is 66.7 Å². The fourth-order valence-electron chi connectivity index (χ4n) is 2.10. The number of hydrogen-bond donors (Lipinski definition) is 1. The lowest BCUT2D eigenvalue weighted by Crippen LogP contribution is -2.42. The average molecular weight is 254 g/mol. The molecule has 2 aromatic rings. The second kappa shape index (κ2) is 8.46. The molecular weight excluding hydrogens is 232 g/mol. The minimum Gasteiger partial charge on any atom is -0.314 e. The molecule has 0 atom stereocenters. The highest BCUT2D eigenvalue weighted by Gasteiger charge is 2.08. The Hall–Kier alpha value is -1.64. The molecule has 0 spiro atoms. The lowest BCUT2D eigenvalue weighted by Gasteiger charge is -2.27. The van der Waals surface area contributed by atoms with Crippen molar-refractivity contribution in [2.24, 2.45) is 0 Å². The molecule has 0 saturated carbocycles. The predicted molar refractivity (Wildman–Crippen MR) is 81.0 cm³/mol. The van der Waals surface area contributed by atoms with Crippen LogP contribution in [0.1, 0.15) is 5.56 Å². The maximum absolute atomic E-state index is 3.36. The quantitative estimate of drug-likeness (QED) is 0.886. The minimum atomic E-state index is 1.10. The van der Waals surface area contributed by atoms with Crippen LogP contribution in [0, 0.1) is 0 Å². The summed E-state index contributed by atoms with van der Waals surface area (Å²) in [5.41, 5.74) is 1.42. The smallest absolute Gasteiger partial charge is 0.0234 e.